The zero-order chi connectivity index (χ0) is 16.0. The van der Waals surface area contributed by atoms with Crippen LogP contribution in [0.1, 0.15) is 25.2 Å². The number of anilines is 1. The Labute approximate surface area is 135 Å². The summed E-state index contributed by atoms with van der Waals surface area (Å²) in [6, 6.07) is 6.95. The van der Waals surface area contributed by atoms with Gasteiger partial charge in [0.2, 0.25) is 21.7 Å². The monoisotopic (exact) mass is 333 g/mol. The van der Waals surface area contributed by atoms with Crippen LogP contribution in [0.5, 0.6) is 0 Å². The summed E-state index contributed by atoms with van der Waals surface area (Å²) < 4.78 is 30.2. The fourth-order valence-electron chi connectivity index (χ4n) is 3.61. The standard InChI is InChI=1S/C16H19N3O3S/c1-23(20,21)19-14-4-2-11(3-5-14)16-17-15(22-18-16)8-10-6-12-9-13(12)7-10/h2-5,10,12-13,19H,6-9H2,1H3. The fraction of sp³-hybridized carbons (Fsp3) is 0.500. The molecule has 7 heteroatoms. The Kier molecular flexibility index (Phi) is 3.41. The van der Waals surface area contributed by atoms with Crippen molar-refractivity contribution in [2.24, 2.45) is 17.8 Å². The topological polar surface area (TPSA) is 85.1 Å². The van der Waals surface area contributed by atoms with Gasteiger partial charge in [-0.05, 0) is 61.3 Å². The van der Waals surface area contributed by atoms with Gasteiger partial charge < -0.3 is 4.52 Å². The van der Waals surface area contributed by atoms with E-state index in [1.807, 2.05) is 0 Å². The molecule has 0 radical (unpaired) electrons. The number of sulfonamides is 1. The van der Waals surface area contributed by atoms with Crippen molar-refractivity contribution in [1.82, 2.24) is 10.1 Å². The highest BCUT2D eigenvalue weighted by molar-refractivity contribution is 7.92. The zero-order valence-corrected chi connectivity index (χ0v) is 13.7. The van der Waals surface area contributed by atoms with Crippen molar-refractivity contribution in [1.29, 1.82) is 0 Å². The molecule has 0 bridgehead atoms. The van der Waals surface area contributed by atoms with Crippen LogP contribution in [0.3, 0.4) is 0 Å². The SMILES string of the molecule is CS(=O)(=O)Nc1ccc(-c2noc(CC3CC4CC4C3)n2)cc1. The van der Waals surface area contributed by atoms with Gasteiger partial charge in [-0.15, -0.1) is 0 Å². The Morgan fingerprint density at radius 1 is 1.17 bits per heavy atom. The number of benzene rings is 1. The van der Waals surface area contributed by atoms with Crippen molar-refractivity contribution < 1.29 is 12.9 Å². The Morgan fingerprint density at radius 2 is 1.87 bits per heavy atom. The van der Waals surface area contributed by atoms with Gasteiger partial charge in [0.25, 0.3) is 0 Å². The van der Waals surface area contributed by atoms with E-state index in [1.54, 1.807) is 24.3 Å². The molecule has 122 valence electrons. The molecule has 4 rings (SSSR count). The van der Waals surface area contributed by atoms with Gasteiger partial charge in [0.15, 0.2) is 0 Å². The second-order valence-corrected chi connectivity index (χ2v) is 8.51. The number of aromatic nitrogens is 2. The molecular weight excluding hydrogens is 314 g/mol. The molecule has 1 N–H and O–H groups in total. The third-order valence-corrected chi connectivity index (χ3v) is 5.33. The first-order chi connectivity index (χ1) is 11.0. The molecule has 1 heterocycles. The van der Waals surface area contributed by atoms with Gasteiger partial charge >= 0.3 is 0 Å². The number of nitrogens with zero attached hydrogens (tertiary/aromatic N) is 2. The summed E-state index contributed by atoms with van der Waals surface area (Å²) in [6.45, 7) is 0. The van der Waals surface area contributed by atoms with Crippen LogP contribution in [0, 0.1) is 17.8 Å². The van der Waals surface area contributed by atoms with Gasteiger partial charge in [0, 0.05) is 17.7 Å². The van der Waals surface area contributed by atoms with Crippen molar-refractivity contribution in [2.45, 2.75) is 25.7 Å². The van der Waals surface area contributed by atoms with E-state index < -0.39 is 10.0 Å². The molecule has 0 saturated heterocycles. The number of hydrogen-bond acceptors (Lipinski definition) is 5. The van der Waals surface area contributed by atoms with E-state index in [0.29, 0.717) is 23.3 Å². The second-order valence-electron chi connectivity index (χ2n) is 6.76. The third-order valence-electron chi connectivity index (χ3n) is 4.72. The summed E-state index contributed by atoms with van der Waals surface area (Å²) in [7, 11) is -3.26. The number of fused-ring (bicyclic) bond motifs is 1. The van der Waals surface area contributed by atoms with Crippen LogP contribution >= 0.6 is 0 Å². The zero-order valence-electron chi connectivity index (χ0n) is 12.9. The van der Waals surface area contributed by atoms with Crippen molar-refractivity contribution in [3.05, 3.63) is 30.2 Å². The largest absolute Gasteiger partial charge is 0.339 e. The minimum absolute atomic E-state index is 0.519. The summed E-state index contributed by atoms with van der Waals surface area (Å²) >= 11 is 0. The molecule has 0 aliphatic heterocycles. The molecule has 2 fully saturated rings. The van der Waals surface area contributed by atoms with E-state index in [-0.39, 0.29) is 0 Å². The molecule has 1 aromatic heterocycles. The molecule has 2 saturated carbocycles. The highest BCUT2D eigenvalue weighted by Gasteiger charge is 2.45. The second kappa shape index (κ2) is 5.33. The van der Waals surface area contributed by atoms with Crippen molar-refractivity contribution in [3.63, 3.8) is 0 Å². The van der Waals surface area contributed by atoms with E-state index in [1.165, 1.54) is 19.3 Å². The van der Waals surface area contributed by atoms with E-state index in [0.717, 1.165) is 30.1 Å². The fourth-order valence-corrected chi connectivity index (χ4v) is 4.17. The first kappa shape index (κ1) is 14.7. The Balaban J connectivity index is 1.43. The predicted octanol–water partition coefficient (Wildman–Crippen LogP) is 2.70. The minimum atomic E-state index is -3.26. The average molecular weight is 333 g/mol. The maximum absolute atomic E-state index is 11.2. The molecule has 2 aromatic rings. The number of nitrogens with one attached hydrogen (secondary N) is 1. The number of hydrogen-bond donors (Lipinski definition) is 1. The lowest BCUT2D eigenvalue weighted by Crippen LogP contribution is -2.09. The molecule has 2 atom stereocenters. The lowest BCUT2D eigenvalue weighted by molar-refractivity contribution is 0.345. The highest BCUT2D eigenvalue weighted by Crippen LogP contribution is 2.54. The molecule has 0 spiro atoms. The highest BCUT2D eigenvalue weighted by atomic mass is 32.2. The Morgan fingerprint density at radius 3 is 2.52 bits per heavy atom. The maximum atomic E-state index is 11.2. The smallest absolute Gasteiger partial charge is 0.229 e. The summed E-state index contributed by atoms with van der Waals surface area (Å²) in [6.07, 6.45) is 6.01. The minimum Gasteiger partial charge on any atom is -0.339 e. The van der Waals surface area contributed by atoms with Crippen LogP contribution in [0.4, 0.5) is 5.69 Å². The van der Waals surface area contributed by atoms with Crippen molar-refractivity contribution >= 4 is 15.7 Å². The first-order valence-corrected chi connectivity index (χ1v) is 9.76. The van der Waals surface area contributed by atoms with Gasteiger partial charge in [0.1, 0.15) is 0 Å². The Hall–Kier alpha value is -1.89. The van der Waals surface area contributed by atoms with Crippen LogP contribution in [0.25, 0.3) is 11.4 Å². The first-order valence-electron chi connectivity index (χ1n) is 7.87. The predicted molar refractivity (Wildman–Crippen MR) is 86.2 cm³/mol. The molecule has 2 aliphatic rings. The third kappa shape index (κ3) is 3.39. The summed E-state index contributed by atoms with van der Waals surface area (Å²) in [4.78, 5) is 4.47. The lowest BCUT2D eigenvalue weighted by atomic mass is 10.00. The molecule has 2 aliphatic carbocycles. The Bertz CT molecular complexity index is 803. The number of rotatable bonds is 5. The summed E-state index contributed by atoms with van der Waals surface area (Å²) in [5.74, 6) is 3.85. The van der Waals surface area contributed by atoms with E-state index >= 15 is 0 Å². The molecule has 23 heavy (non-hydrogen) atoms. The molecule has 2 unspecified atom stereocenters. The van der Waals surface area contributed by atoms with E-state index in [9.17, 15) is 8.42 Å². The van der Waals surface area contributed by atoms with Crippen molar-refractivity contribution in [2.75, 3.05) is 11.0 Å². The van der Waals surface area contributed by atoms with E-state index in [2.05, 4.69) is 14.9 Å². The average Bonchev–Trinajstić information content (AvgIpc) is 2.89. The summed E-state index contributed by atoms with van der Waals surface area (Å²) in [5, 5.41) is 4.04. The van der Waals surface area contributed by atoms with Gasteiger partial charge in [0.05, 0.1) is 6.26 Å². The van der Waals surface area contributed by atoms with Gasteiger partial charge in [-0.3, -0.25) is 4.72 Å². The van der Waals surface area contributed by atoms with Gasteiger partial charge in [-0.2, -0.15) is 4.98 Å². The van der Waals surface area contributed by atoms with Crippen LogP contribution in [0.2, 0.25) is 0 Å². The molecule has 6 nitrogen and oxygen atoms in total. The quantitative estimate of drug-likeness (QED) is 0.909. The molecular formula is C16H19N3O3S. The van der Waals surface area contributed by atoms with Gasteiger partial charge in [-0.1, -0.05) is 5.16 Å². The van der Waals surface area contributed by atoms with Gasteiger partial charge in [-0.25, -0.2) is 8.42 Å². The molecule has 1 aromatic carbocycles. The van der Waals surface area contributed by atoms with Crippen LogP contribution < -0.4 is 4.72 Å². The van der Waals surface area contributed by atoms with Crippen LogP contribution in [-0.4, -0.2) is 24.8 Å². The van der Waals surface area contributed by atoms with Crippen LogP contribution in [-0.2, 0) is 16.4 Å². The lowest BCUT2D eigenvalue weighted by Gasteiger charge is -2.06. The molecule has 0 amide bonds. The summed E-state index contributed by atoms with van der Waals surface area (Å²) in [5.41, 5.74) is 1.33. The van der Waals surface area contributed by atoms with E-state index in [4.69, 9.17) is 4.52 Å². The van der Waals surface area contributed by atoms with Crippen molar-refractivity contribution in [3.8, 4) is 11.4 Å². The van der Waals surface area contributed by atoms with Crippen LogP contribution in [0.15, 0.2) is 28.8 Å². The maximum Gasteiger partial charge on any atom is 0.229 e. The normalized spacial score (nSPS) is 26.0.